The van der Waals surface area contributed by atoms with Gasteiger partial charge in [-0.05, 0) is 49.1 Å². The van der Waals surface area contributed by atoms with Crippen molar-refractivity contribution in [2.45, 2.75) is 71.7 Å². The molecule has 202 valence electrons. The number of aromatic hydroxyl groups is 2. The van der Waals surface area contributed by atoms with Gasteiger partial charge in [-0.15, -0.1) is 0 Å². The van der Waals surface area contributed by atoms with E-state index in [1.165, 1.54) is 25.1 Å². The lowest BCUT2D eigenvalue weighted by molar-refractivity contribution is -0.280. The Balaban J connectivity index is 1.69. The molecule has 0 saturated carbocycles. The number of ether oxygens (including phenoxy) is 5. The smallest absolute Gasteiger partial charge is 0.303 e. The van der Waals surface area contributed by atoms with Gasteiger partial charge in [0.2, 0.25) is 18.2 Å². The maximum absolute atomic E-state index is 13.1. The first-order valence-electron chi connectivity index (χ1n) is 11.9. The molecule has 5 atom stereocenters. The molecule has 0 amide bonds. The van der Waals surface area contributed by atoms with Gasteiger partial charge in [0, 0.05) is 26.8 Å². The average molecular weight is 529 g/mol. The van der Waals surface area contributed by atoms with E-state index in [-0.39, 0.29) is 34.8 Å². The molecule has 0 radical (unpaired) electrons. The number of esters is 3. The van der Waals surface area contributed by atoms with Crippen molar-refractivity contribution >= 4 is 23.7 Å². The van der Waals surface area contributed by atoms with Crippen LogP contribution in [0.1, 0.15) is 60.3 Å². The lowest BCUT2D eigenvalue weighted by Gasteiger charge is -2.43. The molecule has 11 nitrogen and oxygen atoms in total. The second-order valence-electron chi connectivity index (χ2n) is 9.35. The Morgan fingerprint density at radius 2 is 1.34 bits per heavy atom. The number of carbonyl (C=O) groups is 4. The van der Waals surface area contributed by atoms with Crippen LogP contribution >= 0.6 is 0 Å². The number of hydrogen-bond donors (Lipinski definition) is 2. The van der Waals surface area contributed by atoms with Crippen LogP contribution < -0.4 is 4.74 Å². The summed E-state index contributed by atoms with van der Waals surface area (Å²) in [6, 6.07) is 6.00. The number of aryl methyl sites for hydroxylation is 1. The molecule has 0 spiro atoms. The van der Waals surface area contributed by atoms with Crippen molar-refractivity contribution in [1.82, 2.24) is 0 Å². The number of phenolic OH excluding ortho intramolecular Hbond substituents is 2. The molecule has 2 aromatic carbocycles. The van der Waals surface area contributed by atoms with E-state index in [9.17, 15) is 29.4 Å². The van der Waals surface area contributed by atoms with E-state index in [0.717, 1.165) is 19.4 Å². The van der Waals surface area contributed by atoms with Crippen LogP contribution in [0.5, 0.6) is 17.2 Å². The molecule has 0 bridgehead atoms. The maximum Gasteiger partial charge on any atom is 0.303 e. The highest BCUT2D eigenvalue weighted by Crippen LogP contribution is 2.40. The number of phenols is 2. The molecular formula is C27H28O11. The molecule has 5 unspecified atom stereocenters. The summed E-state index contributed by atoms with van der Waals surface area (Å²) in [6.07, 6.45) is -5.62. The molecule has 38 heavy (non-hydrogen) atoms. The van der Waals surface area contributed by atoms with Gasteiger partial charge >= 0.3 is 17.9 Å². The lowest BCUT2D eigenvalue weighted by atomic mass is 9.83. The van der Waals surface area contributed by atoms with E-state index < -0.39 is 54.4 Å². The topological polar surface area (TPSA) is 155 Å². The monoisotopic (exact) mass is 528 g/mol. The molecule has 2 aromatic rings. The minimum absolute atomic E-state index is 0.0335. The summed E-state index contributed by atoms with van der Waals surface area (Å²) >= 11 is 0. The molecule has 2 aliphatic rings. The molecule has 1 fully saturated rings. The molecule has 0 aromatic heterocycles. The summed E-state index contributed by atoms with van der Waals surface area (Å²) in [5.74, 6) is -3.09. The zero-order chi connectivity index (χ0) is 27.9. The van der Waals surface area contributed by atoms with Crippen LogP contribution in [0.2, 0.25) is 0 Å². The third-order valence-corrected chi connectivity index (χ3v) is 6.24. The van der Waals surface area contributed by atoms with Crippen LogP contribution in [0.4, 0.5) is 0 Å². The summed E-state index contributed by atoms with van der Waals surface area (Å²) < 4.78 is 27.9. The summed E-state index contributed by atoms with van der Waals surface area (Å²) in [5.41, 5.74) is 1.97. The summed E-state index contributed by atoms with van der Waals surface area (Å²) in [4.78, 5) is 48.6. The fourth-order valence-corrected chi connectivity index (χ4v) is 4.90. The predicted octanol–water partition coefficient (Wildman–Crippen LogP) is 2.46. The van der Waals surface area contributed by atoms with Crippen LogP contribution in [0.3, 0.4) is 0 Å². The van der Waals surface area contributed by atoms with Crippen molar-refractivity contribution in [3.63, 3.8) is 0 Å². The van der Waals surface area contributed by atoms with E-state index in [0.29, 0.717) is 11.1 Å². The average Bonchev–Trinajstić information content (AvgIpc) is 2.77. The standard InChI is InChI=1S/C27H28O11/c1-11-6-16-8-17-9-18(10-20(32)22(17)23(33)21(16)19(31)7-11)38-27-26(37-15(5)30)25(36-14(4)29)24(12(2)34-27)35-13(3)28/h6-7,9-10,12,24-27,31-32H,8H2,1-5H3. The normalized spacial score (nSPS) is 24.0. The van der Waals surface area contributed by atoms with Crippen molar-refractivity contribution in [3.05, 3.63) is 52.1 Å². The third kappa shape index (κ3) is 5.28. The fraction of sp³-hybridized carbons (Fsp3) is 0.407. The fourth-order valence-electron chi connectivity index (χ4n) is 4.90. The van der Waals surface area contributed by atoms with Crippen LogP contribution in [0.15, 0.2) is 24.3 Å². The molecule has 11 heteroatoms. The van der Waals surface area contributed by atoms with Gasteiger partial charge in [0.25, 0.3) is 0 Å². The molecule has 1 aliphatic heterocycles. The van der Waals surface area contributed by atoms with Crippen LogP contribution in [0, 0.1) is 6.92 Å². The first-order valence-corrected chi connectivity index (χ1v) is 11.9. The number of fused-ring (bicyclic) bond motifs is 2. The van der Waals surface area contributed by atoms with Gasteiger partial charge in [0.1, 0.15) is 17.2 Å². The molecule has 4 rings (SSSR count). The maximum atomic E-state index is 13.1. The van der Waals surface area contributed by atoms with Crippen molar-refractivity contribution in [2.75, 3.05) is 0 Å². The van der Waals surface area contributed by atoms with E-state index in [1.807, 2.05) is 0 Å². The Hall–Kier alpha value is -4.12. The van der Waals surface area contributed by atoms with E-state index in [1.54, 1.807) is 19.9 Å². The van der Waals surface area contributed by atoms with Crippen molar-refractivity contribution in [2.24, 2.45) is 0 Å². The summed E-state index contributed by atoms with van der Waals surface area (Å²) in [6.45, 7) is 6.83. The number of carbonyl (C=O) groups excluding carboxylic acids is 4. The highest BCUT2D eigenvalue weighted by atomic mass is 16.7. The zero-order valence-corrected chi connectivity index (χ0v) is 21.5. The van der Waals surface area contributed by atoms with Crippen LogP contribution in [-0.4, -0.2) is 64.6 Å². The highest BCUT2D eigenvalue weighted by Gasteiger charge is 2.51. The SMILES string of the molecule is CC(=O)OC1C(C)OC(Oc2cc(O)c3c(c2)Cc2cc(C)cc(O)c2C3=O)C(OC(C)=O)C1OC(C)=O. The second kappa shape index (κ2) is 10.3. The Morgan fingerprint density at radius 1 is 0.816 bits per heavy atom. The largest absolute Gasteiger partial charge is 0.507 e. The number of hydrogen-bond acceptors (Lipinski definition) is 11. The van der Waals surface area contributed by atoms with Gasteiger partial charge in [-0.3, -0.25) is 19.2 Å². The number of benzene rings is 2. The van der Waals surface area contributed by atoms with Gasteiger partial charge in [0.05, 0.1) is 17.2 Å². The highest BCUT2D eigenvalue weighted by molar-refractivity contribution is 6.15. The minimum atomic E-state index is -1.34. The lowest BCUT2D eigenvalue weighted by Crippen LogP contribution is -2.62. The number of rotatable bonds is 5. The molecule has 2 N–H and O–H groups in total. The van der Waals surface area contributed by atoms with E-state index in [2.05, 4.69) is 0 Å². The van der Waals surface area contributed by atoms with E-state index in [4.69, 9.17) is 23.7 Å². The third-order valence-electron chi connectivity index (χ3n) is 6.24. The first kappa shape index (κ1) is 26.9. The van der Waals surface area contributed by atoms with Crippen molar-refractivity contribution in [1.29, 1.82) is 0 Å². The van der Waals surface area contributed by atoms with Crippen molar-refractivity contribution in [3.8, 4) is 17.2 Å². The van der Waals surface area contributed by atoms with Crippen LogP contribution in [0.25, 0.3) is 0 Å². The van der Waals surface area contributed by atoms with Crippen LogP contribution in [-0.2, 0) is 39.8 Å². The van der Waals surface area contributed by atoms with Gasteiger partial charge in [-0.2, -0.15) is 0 Å². The molecular weight excluding hydrogens is 500 g/mol. The number of ketones is 1. The second-order valence-corrected chi connectivity index (χ2v) is 9.35. The van der Waals surface area contributed by atoms with Gasteiger partial charge < -0.3 is 33.9 Å². The molecule has 1 aliphatic carbocycles. The van der Waals surface area contributed by atoms with Gasteiger partial charge in [-0.25, -0.2) is 0 Å². The quantitative estimate of drug-likeness (QED) is 0.371. The summed E-state index contributed by atoms with van der Waals surface area (Å²) in [7, 11) is 0. The van der Waals surface area contributed by atoms with Crippen molar-refractivity contribution < 1.29 is 53.1 Å². The Labute approximate surface area is 218 Å². The Morgan fingerprint density at radius 3 is 1.95 bits per heavy atom. The van der Waals surface area contributed by atoms with Gasteiger partial charge in [-0.1, -0.05) is 6.07 Å². The molecule has 1 heterocycles. The minimum Gasteiger partial charge on any atom is -0.507 e. The Bertz CT molecular complexity index is 1310. The summed E-state index contributed by atoms with van der Waals surface area (Å²) in [5, 5.41) is 21.1. The first-order chi connectivity index (χ1) is 17.8. The molecule has 1 saturated heterocycles. The van der Waals surface area contributed by atoms with Gasteiger partial charge in [0.15, 0.2) is 12.2 Å². The predicted molar refractivity (Wildman–Crippen MR) is 129 cm³/mol. The van der Waals surface area contributed by atoms with E-state index >= 15 is 0 Å². The Kier molecular flexibility index (Phi) is 7.32. The zero-order valence-electron chi connectivity index (χ0n) is 21.5.